The summed E-state index contributed by atoms with van der Waals surface area (Å²) in [5.74, 6) is -23.4. The van der Waals surface area contributed by atoms with Crippen molar-refractivity contribution in [3.8, 4) is 5.75 Å². The molecule has 3 fully saturated rings. The lowest BCUT2D eigenvalue weighted by molar-refractivity contribution is -0.279. The molecule has 48 heteroatoms. The van der Waals surface area contributed by atoms with E-state index in [0.29, 0.717) is 5.56 Å². The van der Waals surface area contributed by atoms with Crippen LogP contribution in [0.25, 0.3) is 0 Å². The maximum Gasteiger partial charge on any atom is 0.303 e. The van der Waals surface area contributed by atoms with Gasteiger partial charge in [-0.1, -0.05) is 53.7 Å². The molecule has 0 unspecified atom stereocenters. The Kier molecular flexibility index (Phi) is 43.0. The fourth-order valence-corrected chi connectivity index (χ4v) is 13.4. The molecule has 0 aliphatic carbocycles. The lowest BCUT2D eigenvalue weighted by Crippen LogP contribution is -2.67. The summed E-state index contributed by atoms with van der Waals surface area (Å²) < 4.78 is 57.4. The highest BCUT2D eigenvalue weighted by molar-refractivity contribution is 6.00. The largest absolute Gasteiger partial charge is 0.508 e. The number of nitrogens with zero attached hydrogens (tertiary/aromatic N) is 1. The second-order valence-electron chi connectivity index (χ2n) is 31.1. The van der Waals surface area contributed by atoms with Crippen LogP contribution in [0.4, 0.5) is 0 Å². The zero-order chi connectivity index (χ0) is 95.0. The number of primary amides is 1. The average molecular weight is 1800 g/mol. The molecule has 48 nitrogen and oxygen atoms in total. The first-order chi connectivity index (χ1) is 59.0. The molecule has 0 aromatic heterocycles. The van der Waals surface area contributed by atoms with Gasteiger partial charge >= 0.3 is 35.8 Å². The number of phenolic OH excluding ortho intramolecular Hbond substituents is 1. The van der Waals surface area contributed by atoms with E-state index in [4.69, 9.17) is 53.1 Å². The third-order valence-corrected chi connectivity index (χ3v) is 19.2. The molecule has 0 spiro atoms. The summed E-state index contributed by atoms with van der Waals surface area (Å²) in [6.07, 6.45) is -14.9. The first-order valence-corrected chi connectivity index (χ1v) is 40.3. The second-order valence-corrected chi connectivity index (χ2v) is 31.1. The molecule has 21 atom stereocenters. The van der Waals surface area contributed by atoms with Crippen LogP contribution in [0.1, 0.15) is 136 Å². The fraction of sp³-hybridized carbons (Fsp3) is 0.667. The number of benzene rings is 1. The minimum absolute atomic E-state index is 0.0724. The van der Waals surface area contributed by atoms with Gasteiger partial charge in [-0.05, 0) is 61.6 Å². The molecule has 126 heavy (non-hydrogen) atoms. The summed E-state index contributed by atoms with van der Waals surface area (Å²) >= 11 is 0. The second kappa shape index (κ2) is 50.9. The van der Waals surface area contributed by atoms with Crippen LogP contribution in [0.15, 0.2) is 24.3 Å². The maximum atomic E-state index is 15.7. The number of amides is 14. The number of nitrogens with one attached hydrogen (secondary N) is 12. The van der Waals surface area contributed by atoms with Gasteiger partial charge in [0.25, 0.3) is 0 Å². The van der Waals surface area contributed by atoms with E-state index in [1.807, 2.05) is 0 Å². The first-order valence-electron chi connectivity index (χ1n) is 40.3. The number of aliphatic hydroxyl groups excluding tert-OH is 3. The number of ether oxygens (including phenoxy) is 10. The smallest absolute Gasteiger partial charge is 0.303 e. The molecular weight excluding hydrogens is 1680 g/mol. The maximum absolute atomic E-state index is 15.7. The van der Waals surface area contributed by atoms with Crippen molar-refractivity contribution in [2.45, 2.75) is 264 Å². The van der Waals surface area contributed by atoms with E-state index in [-0.39, 0.29) is 38.0 Å². The van der Waals surface area contributed by atoms with Gasteiger partial charge in [-0.2, -0.15) is 0 Å². The van der Waals surface area contributed by atoms with Crippen molar-refractivity contribution in [1.82, 2.24) is 68.7 Å². The Morgan fingerprint density at radius 2 is 0.810 bits per heavy atom. The monoisotopic (exact) mass is 1790 g/mol. The Hall–Kier alpha value is -11.9. The van der Waals surface area contributed by atoms with Crippen LogP contribution in [0.3, 0.4) is 0 Å². The topological polar surface area (TPSA) is 688 Å². The summed E-state index contributed by atoms with van der Waals surface area (Å²) in [6, 6.07) is -17.3. The minimum Gasteiger partial charge on any atom is -0.508 e. The van der Waals surface area contributed by atoms with Crippen LogP contribution in [0, 0.1) is 17.8 Å². The van der Waals surface area contributed by atoms with Gasteiger partial charge in [0.2, 0.25) is 82.7 Å². The SMILES string of the molecule is CC(=O)N[C@H]1[C@H](OC[C@H](NC(=O)[C@H](CO[C@@H]2O[C@H](COC(C)=O)[C@@H](OC(C)=O)[C@H](OC(C)=O)[C@H]2NC(C)=O)NC(=O)[C@@H](NC(=O)[C@@H]2CCCN2C(=O)[C@H](C)NC(=O)[C@H](CO)NC(=O)[C@H](Cc2ccc(O)cc2)NC(C)=O)C(C)C)C(=O)N[C@@H](CO)C(=O)N[C@@H](CC(C)C)C(=O)N[C@@H](CO)C(=O)N[C@H](C(N)=O)C(C)C)O[C@H](COC(C)=O)[C@@H](OC(C)=O)[C@@H]1OC(C)=O. The molecule has 14 amide bonds. The Labute approximate surface area is 724 Å². The third-order valence-electron chi connectivity index (χ3n) is 19.2. The van der Waals surface area contributed by atoms with Gasteiger partial charge in [-0.3, -0.25) is 95.9 Å². The van der Waals surface area contributed by atoms with E-state index in [1.54, 1.807) is 27.7 Å². The molecule has 704 valence electrons. The van der Waals surface area contributed by atoms with Crippen LogP contribution >= 0.6 is 0 Å². The number of likely N-dealkylation sites (tertiary alicyclic amines) is 1. The van der Waals surface area contributed by atoms with E-state index in [0.717, 1.165) is 67.2 Å². The lowest BCUT2D eigenvalue weighted by Gasteiger charge is -2.45. The van der Waals surface area contributed by atoms with Crippen LogP contribution in [0.5, 0.6) is 5.75 Å². The highest BCUT2D eigenvalue weighted by Gasteiger charge is 2.54. The lowest BCUT2D eigenvalue weighted by atomic mass is 9.96. The van der Waals surface area contributed by atoms with Crippen molar-refractivity contribution in [3.05, 3.63) is 29.8 Å². The molecule has 0 saturated carbocycles. The predicted octanol–water partition coefficient (Wildman–Crippen LogP) is -8.02. The number of aromatic hydroxyl groups is 1. The molecule has 1 aromatic rings. The molecule has 0 radical (unpaired) electrons. The van der Waals surface area contributed by atoms with Crippen molar-refractivity contribution in [3.63, 3.8) is 0 Å². The van der Waals surface area contributed by atoms with Crippen molar-refractivity contribution >= 4 is 119 Å². The standard InChI is InChI=1S/C78H118N14O34/c1-33(2)24-48(67(107)86-52(28-95)71(111)90-58(34(3)4)66(79)106)84-70(110)51(27-94)87-72(112)53(29-119-77-60(82-38(9)97)64(123-44(15)103)62(121-42(13)101)56(125-77)31-117-40(11)99)88-73(113)54(30-120-78-61(83-39(10)98)65(124-45(16)104)63(122-43(14)102)57(126-78)32-118-41(12)100)89-75(115)59(35(5)6)91-74(114)55-18-17-23-92(55)76(116)36(7)80-69(109)50(26-93)85-68(108)49(81-37(8)96)25-46-19-21-47(105)22-20-46/h19-22,33-36,48-65,77-78,93-95,105H,17-18,23-32H2,1-16H3,(H2,79,106)(H,80,109)(H,81,96)(H,82,97)(H,83,98)(H,84,110)(H,85,108)(H,86,107)(H,87,112)(H,88,113)(H,89,115)(H,90,111)(H,91,114)/t36-,48-,49-,50-,51-,52-,53-,54-,55-,56+,57+,58-,59-,60+,61+,62+,63+,64+,65+,77+,78+/m0/s1. The zero-order valence-corrected chi connectivity index (χ0v) is 72.7. The third kappa shape index (κ3) is 33.9. The van der Waals surface area contributed by atoms with Crippen molar-refractivity contribution in [2.75, 3.05) is 52.8 Å². The van der Waals surface area contributed by atoms with E-state index in [9.17, 15) is 102 Å². The molecule has 3 aliphatic rings. The van der Waals surface area contributed by atoms with Crippen LogP contribution in [-0.4, -0.2) is 324 Å². The van der Waals surface area contributed by atoms with Gasteiger partial charge in [0.1, 0.15) is 110 Å². The Balaban J connectivity index is 1.92. The minimum atomic E-state index is -2.37. The Morgan fingerprint density at radius 3 is 1.19 bits per heavy atom. The highest BCUT2D eigenvalue weighted by Crippen LogP contribution is 2.31. The summed E-state index contributed by atoms with van der Waals surface area (Å²) in [5.41, 5.74) is 5.96. The van der Waals surface area contributed by atoms with Gasteiger partial charge in [0, 0.05) is 75.3 Å². The molecule has 0 bridgehead atoms. The van der Waals surface area contributed by atoms with E-state index in [1.165, 1.54) is 45.0 Å². The molecule has 1 aromatic carbocycles. The van der Waals surface area contributed by atoms with Gasteiger partial charge in [0.15, 0.2) is 37.0 Å². The number of hydrogen-bond donors (Lipinski definition) is 17. The summed E-state index contributed by atoms with van der Waals surface area (Å²) in [7, 11) is 0. The molecular formula is C78H118N14O34. The molecule has 4 rings (SSSR count). The number of aliphatic hydroxyl groups is 3. The first kappa shape index (κ1) is 106. The number of carbonyl (C=O) groups is 20. The number of carbonyl (C=O) groups excluding carboxylic acids is 20. The van der Waals surface area contributed by atoms with Gasteiger partial charge < -0.3 is 142 Å². The van der Waals surface area contributed by atoms with Crippen LogP contribution in [0.2, 0.25) is 0 Å². The molecule has 3 aliphatic heterocycles. The number of esters is 6. The fourth-order valence-electron chi connectivity index (χ4n) is 13.4. The van der Waals surface area contributed by atoms with E-state index in [2.05, 4.69) is 63.8 Å². The Morgan fingerprint density at radius 1 is 0.437 bits per heavy atom. The summed E-state index contributed by atoms with van der Waals surface area (Å²) in [6.45, 7) is 11.4. The average Bonchev–Trinajstić information content (AvgIpc) is 1.10. The number of hydrogen-bond acceptors (Lipinski definition) is 34. The van der Waals surface area contributed by atoms with Crippen molar-refractivity contribution in [1.29, 1.82) is 0 Å². The zero-order valence-electron chi connectivity index (χ0n) is 72.7. The number of rotatable bonds is 46. The molecule has 18 N–H and O–H groups in total. The summed E-state index contributed by atoms with van der Waals surface area (Å²) in [4.78, 5) is 273. The van der Waals surface area contributed by atoms with Crippen molar-refractivity contribution < 1.29 is 164 Å². The predicted molar refractivity (Wildman–Crippen MR) is 427 cm³/mol. The summed E-state index contributed by atoms with van der Waals surface area (Å²) in [5, 5.41) is 70.0. The number of nitrogens with two attached hydrogens (primary N) is 1. The normalized spacial score (nSPS) is 22.0. The highest BCUT2D eigenvalue weighted by atomic mass is 16.7. The van der Waals surface area contributed by atoms with Gasteiger partial charge in [-0.15, -0.1) is 0 Å². The molecule has 3 saturated heterocycles. The Bertz CT molecular complexity index is 4040. The van der Waals surface area contributed by atoms with Gasteiger partial charge in [-0.25, -0.2) is 0 Å². The van der Waals surface area contributed by atoms with Gasteiger partial charge in [0.05, 0.1) is 33.0 Å². The molecule has 3 heterocycles. The van der Waals surface area contributed by atoms with E-state index < -0.39 is 310 Å². The van der Waals surface area contributed by atoms with Crippen molar-refractivity contribution in [2.24, 2.45) is 23.5 Å². The van der Waals surface area contributed by atoms with E-state index >= 15 is 14.4 Å². The number of phenols is 1. The van der Waals surface area contributed by atoms with Crippen LogP contribution in [-0.2, 0) is 150 Å². The van der Waals surface area contributed by atoms with Crippen LogP contribution < -0.4 is 69.5 Å². The quantitative estimate of drug-likeness (QED) is 0.0213.